The molecule has 7 heteroatoms. The standard InChI is InChI=1S/C13H14F3NO2S/c14-9-5-8(6-10(15)11(9)16)1-3-17-12(18)13(19)2-4-20-7-13/h5-6,19H,1-4,7H2,(H,17,18). The zero-order chi connectivity index (χ0) is 14.8. The van der Waals surface area contributed by atoms with Crippen LogP contribution >= 0.6 is 11.8 Å². The Bertz CT molecular complexity index is 495. The average molecular weight is 305 g/mol. The van der Waals surface area contributed by atoms with Crippen LogP contribution in [0.5, 0.6) is 0 Å². The number of thioether (sulfide) groups is 1. The zero-order valence-corrected chi connectivity index (χ0v) is 11.4. The number of rotatable bonds is 4. The van der Waals surface area contributed by atoms with Crippen LogP contribution in [0.3, 0.4) is 0 Å². The van der Waals surface area contributed by atoms with Crippen LogP contribution in [0, 0.1) is 17.5 Å². The molecule has 1 aliphatic heterocycles. The highest BCUT2D eigenvalue weighted by molar-refractivity contribution is 7.99. The summed E-state index contributed by atoms with van der Waals surface area (Å²) < 4.78 is 38.7. The Morgan fingerprint density at radius 1 is 1.35 bits per heavy atom. The van der Waals surface area contributed by atoms with E-state index in [9.17, 15) is 23.1 Å². The molecule has 0 aromatic heterocycles. The molecule has 2 N–H and O–H groups in total. The Labute approximate surface area is 118 Å². The summed E-state index contributed by atoms with van der Waals surface area (Å²) in [5, 5.41) is 12.5. The van der Waals surface area contributed by atoms with Crippen LogP contribution in [0.25, 0.3) is 0 Å². The van der Waals surface area contributed by atoms with Gasteiger partial charge in [0.05, 0.1) is 0 Å². The molecule has 1 aromatic carbocycles. The molecule has 1 atom stereocenters. The molecular formula is C13H14F3NO2S. The second kappa shape index (κ2) is 6.05. The van der Waals surface area contributed by atoms with Crippen molar-refractivity contribution in [1.82, 2.24) is 5.32 Å². The van der Waals surface area contributed by atoms with E-state index >= 15 is 0 Å². The maximum atomic E-state index is 13.0. The van der Waals surface area contributed by atoms with Crippen LogP contribution in [-0.2, 0) is 11.2 Å². The molecule has 1 fully saturated rings. The molecule has 0 radical (unpaired) electrons. The van der Waals surface area contributed by atoms with Crippen LogP contribution in [-0.4, -0.2) is 34.7 Å². The molecule has 0 bridgehead atoms. The second-order valence-corrected chi connectivity index (χ2v) is 5.82. The topological polar surface area (TPSA) is 49.3 Å². The predicted octanol–water partition coefficient (Wildman–Crippen LogP) is 1.63. The minimum atomic E-state index is -1.50. The third-order valence-corrected chi connectivity index (χ3v) is 4.34. The molecule has 20 heavy (non-hydrogen) atoms. The van der Waals surface area contributed by atoms with Crippen LogP contribution in [0.2, 0.25) is 0 Å². The van der Waals surface area contributed by atoms with Gasteiger partial charge in [-0.3, -0.25) is 4.79 Å². The van der Waals surface area contributed by atoms with Crippen molar-refractivity contribution in [2.75, 3.05) is 18.1 Å². The Morgan fingerprint density at radius 2 is 2.00 bits per heavy atom. The van der Waals surface area contributed by atoms with Crippen molar-refractivity contribution in [3.63, 3.8) is 0 Å². The number of amides is 1. The molecular weight excluding hydrogens is 291 g/mol. The molecule has 2 rings (SSSR count). The molecule has 1 aliphatic rings. The van der Waals surface area contributed by atoms with Gasteiger partial charge >= 0.3 is 0 Å². The van der Waals surface area contributed by atoms with E-state index in [4.69, 9.17) is 0 Å². The van der Waals surface area contributed by atoms with Gasteiger partial charge in [0.2, 0.25) is 0 Å². The fourth-order valence-electron chi connectivity index (χ4n) is 1.97. The van der Waals surface area contributed by atoms with Gasteiger partial charge in [0.15, 0.2) is 23.1 Å². The number of aliphatic hydroxyl groups is 1. The maximum absolute atomic E-state index is 13.0. The quantitative estimate of drug-likeness (QED) is 0.831. The molecule has 3 nitrogen and oxygen atoms in total. The van der Waals surface area contributed by atoms with Crippen molar-refractivity contribution in [3.8, 4) is 0 Å². The smallest absolute Gasteiger partial charge is 0.252 e. The lowest BCUT2D eigenvalue weighted by Gasteiger charge is -2.20. The minimum Gasteiger partial charge on any atom is -0.379 e. The van der Waals surface area contributed by atoms with Crippen molar-refractivity contribution in [2.24, 2.45) is 0 Å². The summed E-state index contributed by atoms with van der Waals surface area (Å²) in [6.45, 7) is 0.121. The first-order valence-corrected chi connectivity index (χ1v) is 7.30. The molecule has 0 saturated carbocycles. The van der Waals surface area contributed by atoms with E-state index in [0.717, 1.165) is 17.9 Å². The lowest BCUT2D eigenvalue weighted by Crippen LogP contribution is -2.47. The molecule has 0 spiro atoms. The van der Waals surface area contributed by atoms with E-state index in [0.29, 0.717) is 12.2 Å². The molecule has 1 unspecified atom stereocenters. The molecule has 1 saturated heterocycles. The van der Waals surface area contributed by atoms with Crippen LogP contribution in [0.4, 0.5) is 13.2 Å². The summed E-state index contributed by atoms with van der Waals surface area (Å²) in [7, 11) is 0. The van der Waals surface area contributed by atoms with Gasteiger partial charge in [0, 0.05) is 12.3 Å². The highest BCUT2D eigenvalue weighted by Crippen LogP contribution is 2.27. The van der Waals surface area contributed by atoms with Gasteiger partial charge in [0.1, 0.15) is 0 Å². The van der Waals surface area contributed by atoms with Crippen molar-refractivity contribution in [3.05, 3.63) is 35.1 Å². The van der Waals surface area contributed by atoms with Crippen molar-refractivity contribution in [2.45, 2.75) is 18.4 Å². The van der Waals surface area contributed by atoms with E-state index < -0.39 is 29.0 Å². The molecule has 1 aromatic rings. The number of halogens is 3. The average Bonchev–Trinajstić information content (AvgIpc) is 2.84. The van der Waals surface area contributed by atoms with Gasteiger partial charge in [-0.05, 0) is 36.3 Å². The van der Waals surface area contributed by atoms with E-state index in [-0.39, 0.29) is 18.5 Å². The fraction of sp³-hybridized carbons (Fsp3) is 0.462. The van der Waals surface area contributed by atoms with Gasteiger partial charge in [-0.15, -0.1) is 0 Å². The normalized spacial score (nSPS) is 22.0. The third-order valence-electron chi connectivity index (χ3n) is 3.17. The summed E-state index contributed by atoms with van der Waals surface area (Å²) in [5.41, 5.74) is -1.11. The summed E-state index contributed by atoms with van der Waals surface area (Å²) in [6.07, 6.45) is 0.548. The summed E-state index contributed by atoms with van der Waals surface area (Å²) in [4.78, 5) is 11.8. The first-order chi connectivity index (χ1) is 9.42. The number of hydrogen-bond acceptors (Lipinski definition) is 3. The first-order valence-electron chi connectivity index (χ1n) is 6.14. The van der Waals surface area contributed by atoms with Crippen LogP contribution in [0.15, 0.2) is 12.1 Å². The summed E-state index contributed by atoms with van der Waals surface area (Å²) in [5.74, 6) is -3.42. The number of nitrogens with one attached hydrogen (secondary N) is 1. The van der Waals surface area contributed by atoms with E-state index in [2.05, 4.69) is 5.32 Å². The Balaban J connectivity index is 1.88. The fourth-order valence-corrected chi connectivity index (χ4v) is 3.21. The highest BCUT2D eigenvalue weighted by atomic mass is 32.2. The van der Waals surface area contributed by atoms with Crippen LogP contribution in [0.1, 0.15) is 12.0 Å². The van der Waals surface area contributed by atoms with E-state index in [1.165, 1.54) is 11.8 Å². The third kappa shape index (κ3) is 3.27. The molecule has 1 amide bonds. The monoisotopic (exact) mass is 305 g/mol. The number of carbonyl (C=O) groups excluding carboxylic acids is 1. The van der Waals surface area contributed by atoms with E-state index in [1.54, 1.807) is 0 Å². The van der Waals surface area contributed by atoms with Gasteiger partial charge in [0.25, 0.3) is 5.91 Å². The molecule has 0 aliphatic carbocycles. The Morgan fingerprint density at radius 3 is 2.55 bits per heavy atom. The second-order valence-electron chi connectivity index (χ2n) is 4.71. The molecule has 110 valence electrons. The zero-order valence-electron chi connectivity index (χ0n) is 10.6. The van der Waals surface area contributed by atoms with Crippen molar-refractivity contribution in [1.29, 1.82) is 0 Å². The lowest BCUT2D eigenvalue weighted by atomic mass is 10.0. The van der Waals surface area contributed by atoms with Gasteiger partial charge in [-0.1, -0.05) is 0 Å². The van der Waals surface area contributed by atoms with Crippen LogP contribution < -0.4 is 5.32 Å². The molecule has 1 heterocycles. The van der Waals surface area contributed by atoms with Crippen molar-refractivity contribution < 1.29 is 23.1 Å². The largest absolute Gasteiger partial charge is 0.379 e. The Kier molecular flexibility index (Phi) is 4.59. The van der Waals surface area contributed by atoms with Gasteiger partial charge in [-0.2, -0.15) is 11.8 Å². The summed E-state index contributed by atoms with van der Waals surface area (Å²) >= 11 is 1.49. The van der Waals surface area contributed by atoms with Gasteiger partial charge < -0.3 is 10.4 Å². The van der Waals surface area contributed by atoms with E-state index in [1.807, 2.05) is 0 Å². The predicted molar refractivity (Wildman–Crippen MR) is 69.9 cm³/mol. The Hall–Kier alpha value is -1.21. The highest BCUT2D eigenvalue weighted by Gasteiger charge is 2.39. The number of carbonyl (C=O) groups is 1. The van der Waals surface area contributed by atoms with Gasteiger partial charge in [-0.25, -0.2) is 13.2 Å². The lowest BCUT2D eigenvalue weighted by molar-refractivity contribution is -0.137. The number of hydrogen-bond donors (Lipinski definition) is 2. The maximum Gasteiger partial charge on any atom is 0.252 e. The number of benzene rings is 1. The SMILES string of the molecule is O=C(NCCc1cc(F)c(F)c(F)c1)C1(O)CCSC1. The minimum absolute atomic E-state index is 0.121. The van der Waals surface area contributed by atoms with Crippen molar-refractivity contribution >= 4 is 17.7 Å². The first kappa shape index (κ1) is 15.2. The summed E-state index contributed by atoms with van der Waals surface area (Å²) in [6, 6.07) is 1.79.